The fourth-order valence-electron chi connectivity index (χ4n) is 3.04. The van der Waals surface area contributed by atoms with Gasteiger partial charge in [-0.1, -0.05) is 41.9 Å². The Balaban J connectivity index is 1.68. The molecule has 0 aliphatic carbocycles. The monoisotopic (exact) mass is 427 g/mol. The van der Waals surface area contributed by atoms with Gasteiger partial charge in [0.05, 0.1) is 29.0 Å². The van der Waals surface area contributed by atoms with E-state index in [2.05, 4.69) is 0 Å². The Labute approximate surface area is 176 Å². The molecule has 0 spiro atoms. The molecule has 2 aromatic carbocycles. The molecule has 0 radical (unpaired) electrons. The summed E-state index contributed by atoms with van der Waals surface area (Å²) < 4.78 is 19.4. The summed E-state index contributed by atoms with van der Waals surface area (Å²) in [4.78, 5) is 27.6. The fraction of sp³-hybridized carbons (Fsp3) is 0.0909. The van der Waals surface area contributed by atoms with Gasteiger partial charge in [0.25, 0.3) is 11.8 Å². The van der Waals surface area contributed by atoms with Crippen LogP contribution < -0.4 is 0 Å². The molecule has 0 fully saturated rings. The van der Waals surface area contributed by atoms with Crippen LogP contribution >= 0.6 is 23.4 Å². The summed E-state index contributed by atoms with van der Waals surface area (Å²) in [5.74, 6) is -0.280. The second-order valence-corrected chi connectivity index (χ2v) is 7.79. The first-order chi connectivity index (χ1) is 14.0. The normalized spacial score (nSPS) is 14.2. The predicted octanol–water partition coefficient (Wildman–Crippen LogP) is 5.29. The molecule has 0 bridgehead atoms. The van der Waals surface area contributed by atoms with Crippen molar-refractivity contribution >= 4 is 40.8 Å². The second-order valence-electron chi connectivity index (χ2n) is 6.37. The third-order valence-corrected chi connectivity index (χ3v) is 5.83. The molecular formula is C22H15ClFNO3S. The molecule has 0 N–H and O–H groups in total. The van der Waals surface area contributed by atoms with Gasteiger partial charge in [-0.05, 0) is 35.9 Å². The Morgan fingerprint density at radius 2 is 1.72 bits per heavy atom. The zero-order valence-electron chi connectivity index (χ0n) is 15.1. The lowest BCUT2D eigenvalue weighted by molar-refractivity contribution is -0.137. The van der Waals surface area contributed by atoms with Crippen LogP contribution in [0.15, 0.2) is 76.2 Å². The summed E-state index contributed by atoms with van der Waals surface area (Å²) >= 11 is 7.19. The van der Waals surface area contributed by atoms with E-state index in [-0.39, 0.29) is 12.1 Å². The molecule has 0 atom stereocenters. The minimum Gasteiger partial charge on any atom is -0.468 e. The van der Waals surface area contributed by atoms with Crippen LogP contribution in [0.3, 0.4) is 0 Å². The quantitative estimate of drug-likeness (QED) is 0.502. The van der Waals surface area contributed by atoms with Crippen LogP contribution in [0, 0.1) is 5.82 Å². The van der Waals surface area contributed by atoms with Crippen LogP contribution in [-0.4, -0.2) is 16.7 Å². The van der Waals surface area contributed by atoms with Gasteiger partial charge in [-0.2, -0.15) is 0 Å². The van der Waals surface area contributed by atoms with E-state index in [9.17, 15) is 14.0 Å². The molecule has 1 aliphatic rings. The summed E-state index contributed by atoms with van der Waals surface area (Å²) in [6, 6.07) is 16.4. The lowest BCUT2D eigenvalue weighted by Gasteiger charge is -2.15. The number of thioether (sulfide) groups is 1. The minimum absolute atomic E-state index is 0.133. The zero-order valence-corrected chi connectivity index (χ0v) is 16.7. The standard InChI is InChI=1S/C22H15ClFNO3S/c23-16-9-7-14(8-10-16)19-20(29-13-17-5-3-11-28-17)22(27)25(21(19)26)12-15-4-1-2-6-18(15)24/h1-11H,12-13H2. The van der Waals surface area contributed by atoms with E-state index in [0.29, 0.717) is 32.6 Å². The van der Waals surface area contributed by atoms with Gasteiger partial charge in [0.15, 0.2) is 0 Å². The molecule has 0 saturated heterocycles. The molecule has 0 unspecified atom stereocenters. The van der Waals surface area contributed by atoms with E-state index in [1.807, 2.05) is 0 Å². The average Bonchev–Trinajstić information content (AvgIpc) is 3.31. The first-order valence-electron chi connectivity index (χ1n) is 8.79. The number of imide groups is 1. The first-order valence-corrected chi connectivity index (χ1v) is 10.2. The van der Waals surface area contributed by atoms with E-state index >= 15 is 0 Å². The van der Waals surface area contributed by atoms with Crippen molar-refractivity contribution in [2.45, 2.75) is 12.3 Å². The summed E-state index contributed by atoms with van der Waals surface area (Å²) in [7, 11) is 0. The lowest BCUT2D eigenvalue weighted by atomic mass is 10.1. The topological polar surface area (TPSA) is 50.5 Å². The number of benzene rings is 2. The number of halogens is 2. The van der Waals surface area contributed by atoms with Gasteiger partial charge in [-0.25, -0.2) is 4.39 Å². The Morgan fingerprint density at radius 3 is 2.41 bits per heavy atom. The molecule has 7 heteroatoms. The highest BCUT2D eigenvalue weighted by Gasteiger charge is 2.39. The van der Waals surface area contributed by atoms with Gasteiger partial charge in [-0.3, -0.25) is 14.5 Å². The number of amides is 2. The average molecular weight is 428 g/mol. The molecule has 2 heterocycles. The number of carbonyl (C=O) groups excluding carboxylic acids is 2. The summed E-state index contributed by atoms with van der Waals surface area (Å²) in [6.07, 6.45) is 1.55. The second kappa shape index (κ2) is 8.27. The summed E-state index contributed by atoms with van der Waals surface area (Å²) in [5, 5.41) is 0.527. The molecule has 1 aliphatic heterocycles. The molecule has 0 saturated carbocycles. The smallest absolute Gasteiger partial charge is 0.268 e. The molecule has 4 rings (SSSR count). The molecule has 29 heavy (non-hydrogen) atoms. The van der Waals surface area contributed by atoms with Crippen molar-refractivity contribution in [2.75, 3.05) is 0 Å². The highest BCUT2D eigenvalue weighted by atomic mass is 35.5. The number of furan rings is 1. The fourth-order valence-corrected chi connectivity index (χ4v) is 4.20. The SMILES string of the molecule is O=C1C(SCc2ccco2)=C(c2ccc(Cl)cc2)C(=O)N1Cc1ccccc1F. The van der Waals surface area contributed by atoms with Crippen LogP contribution in [0.1, 0.15) is 16.9 Å². The third-order valence-electron chi connectivity index (χ3n) is 4.48. The van der Waals surface area contributed by atoms with Crippen molar-refractivity contribution in [1.82, 2.24) is 4.90 Å². The molecule has 4 nitrogen and oxygen atoms in total. The highest BCUT2D eigenvalue weighted by Crippen LogP contribution is 2.38. The predicted molar refractivity (Wildman–Crippen MR) is 110 cm³/mol. The largest absolute Gasteiger partial charge is 0.468 e. The van der Waals surface area contributed by atoms with Gasteiger partial charge in [0.2, 0.25) is 0 Å². The van der Waals surface area contributed by atoms with Crippen molar-refractivity contribution < 1.29 is 18.4 Å². The lowest BCUT2D eigenvalue weighted by Crippen LogP contribution is -2.31. The molecule has 1 aromatic heterocycles. The van der Waals surface area contributed by atoms with Crippen molar-refractivity contribution in [3.63, 3.8) is 0 Å². The summed E-state index contributed by atoms with van der Waals surface area (Å²) in [5.41, 5.74) is 1.16. The molecule has 146 valence electrons. The van der Waals surface area contributed by atoms with Gasteiger partial charge in [-0.15, -0.1) is 11.8 Å². The maximum absolute atomic E-state index is 14.1. The van der Waals surface area contributed by atoms with Gasteiger partial charge < -0.3 is 4.42 Å². The molecule has 3 aromatic rings. The van der Waals surface area contributed by atoms with Crippen molar-refractivity contribution in [1.29, 1.82) is 0 Å². The van der Waals surface area contributed by atoms with Crippen molar-refractivity contribution in [3.8, 4) is 0 Å². The maximum atomic E-state index is 14.1. The van der Waals surface area contributed by atoms with E-state index in [1.54, 1.807) is 60.9 Å². The van der Waals surface area contributed by atoms with E-state index in [1.165, 1.54) is 17.8 Å². The van der Waals surface area contributed by atoms with E-state index in [0.717, 1.165) is 4.90 Å². The van der Waals surface area contributed by atoms with Crippen molar-refractivity contribution in [2.24, 2.45) is 0 Å². The molecular weight excluding hydrogens is 413 g/mol. The highest BCUT2D eigenvalue weighted by molar-refractivity contribution is 8.03. The number of nitrogens with zero attached hydrogens (tertiary/aromatic N) is 1. The first kappa shape index (κ1) is 19.5. The summed E-state index contributed by atoms with van der Waals surface area (Å²) in [6.45, 7) is -0.133. The van der Waals surface area contributed by atoms with E-state index < -0.39 is 17.6 Å². The van der Waals surface area contributed by atoms with Crippen LogP contribution in [0.25, 0.3) is 5.57 Å². The minimum atomic E-state index is -0.460. The third kappa shape index (κ3) is 3.99. The zero-order chi connectivity index (χ0) is 20.4. The Bertz CT molecular complexity index is 1090. The Morgan fingerprint density at radius 1 is 0.966 bits per heavy atom. The van der Waals surface area contributed by atoms with E-state index in [4.69, 9.17) is 16.0 Å². The van der Waals surface area contributed by atoms with Gasteiger partial charge in [0, 0.05) is 10.6 Å². The van der Waals surface area contributed by atoms with Gasteiger partial charge >= 0.3 is 0 Å². The maximum Gasteiger partial charge on any atom is 0.268 e. The van der Waals surface area contributed by atoms with Crippen molar-refractivity contribution in [3.05, 3.63) is 99.6 Å². The number of carbonyl (C=O) groups is 2. The number of rotatable bonds is 6. The Kier molecular flexibility index (Phi) is 5.56. The Hall–Kier alpha value is -2.83. The van der Waals surface area contributed by atoms with Gasteiger partial charge in [0.1, 0.15) is 11.6 Å². The number of hydrogen-bond donors (Lipinski definition) is 0. The number of hydrogen-bond acceptors (Lipinski definition) is 4. The van der Waals surface area contributed by atoms with Crippen LogP contribution in [-0.2, 0) is 21.9 Å². The van der Waals surface area contributed by atoms with Crippen LogP contribution in [0.5, 0.6) is 0 Å². The van der Waals surface area contributed by atoms with Crippen LogP contribution in [0.4, 0.5) is 4.39 Å². The van der Waals surface area contributed by atoms with Crippen LogP contribution in [0.2, 0.25) is 5.02 Å². The molecule has 2 amide bonds.